The van der Waals surface area contributed by atoms with Gasteiger partial charge in [0.2, 0.25) is 0 Å². The molecule has 0 unspecified atom stereocenters. The average molecular weight is 244 g/mol. The van der Waals surface area contributed by atoms with Gasteiger partial charge in [0, 0.05) is 6.20 Å². The van der Waals surface area contributed by atoms with Crippen molar-refractivity contribution < 1.29 is 4.74 Å². The predicted octanol–water partition coefficient (Wildman–Crippen LogP) is 1.86. The summed E-state index contributed by atoms with van der Waals surface area (Å²) in [5.41, 5.74) is 8.79. The number of rotatable bonds is 3. The molecule has 94 valence electrons. The zero-order valence-electron chi connectivity index (χ0n) is 10.5. The molecule has 0 spiro atoms. The highest BCUT2D eigenvalue weighted by Crippen LogP contribution is 2.17. The van der Waals surface area contributed by atoms with Gasteiger partial charge >= 0.3 is 0 Å². The first-order valence-electron chi connectivity index (χ1n) is 5.71. The van der Waals surface area contributed by atoms with Crippen molar-refractivity contribution in [2.45, 2.75) is 13.3 Å². The van der Waals surface area contributed by atoms with Gasteiger partial charge in [-0.2, -0.15) is 0 Å². The molecule has 4 nitrogen and oxygen atoms in total. The van der Waals surface area contributed by atoms with Crippen molar-refractivity contribution in [1.82, 2.24) is 4.98 Å². The summed E-state index contributed by atoms with van der Waals surface area (Å²) in [4.78, 5) is 14.0. The predicted molar refractivity (Wildman–Crippen MR) is 72.0 cm³/mol. The lowest BCUT2D eigenvalue weighted by atomic mass is 10.0. The smallest absolute Gasteiger partial charge is 0.271 e. The lowest BCUT2D eigenvalue weighted by molar-refractivity contribution is 0.414. The molecule has 1 heterocycles. The van der Waals surface area contributed by atoms with E-state index in [1.807, 2.05) is 31.2 Å². The molecule has 18 heavy (non-hydrogen) atoms. The third kappa shape index (κ3) is 2.37. The summed E-state index contributed by atoms with van der Waals surface area (Å²) >= 11 is 0. The number of pyridine rings is 1. The third-order valence-corrected chi connectivity index (χ3v) is 3.06. The van der Waals surface area contributed by atoms with Gasteiger partial charge in [-0.1, -0.05) is 12.1 Å². The van der Waals surface area contributed by atoms with Gasteiger partial charge in [0.1, 0.15) is 11.4 Å². The van der Waals surface area contributed by atoms with Crippen LogP contribution in [-0.2, 0) is 6.42 Å². The van der Waals surface area contributed by atoms with Gasteiger partial charge in [0.05, 0.1) is 7.11 Å². The number of ether oxygens (including phenoxy) is 1. The standard InChI is InChI=1S/C14H16N2O2/c1-9-11(8-16-14(17)13(9)15)7-10-3-5-12(18-2)6-4-10/h3-6,8H,7,15H2,1-2H3,(H,16,17). The molecule has 1 aromatic heterocycles. The zero-order chi connectivity index (χ0) is 13.1. The Hall–Kier alpha value is -2.23. The van der Waals surface area contributed by atoms with E-state index in [9.17, 15) is 4.79 Å². The highest BCUT2D eigenvalue weighted by atomic mass is 16.5. The third-order valence-electron chi connectivity index (χ3n) is 3.06. The fourth-order valence-electron chi connectivity index (χ4n) is 1.83. The maximum atomic E-state index is 11.3. The van der Waals surface area contributed by atoms with Gasteiger partial charge in [0.25, 0.3) is 5.56 Å². The maximum Gasteiger partial charge on any atom is 0.271 e. The Labute approximate surface area is 105 Å². The van der Waals surface area contributed by atoms with Crippen LogP contribution in [0.15, 0.2) is 35.3 Å². The second-order valence-corrected chi connectivity index (χ2v) is 4.21. The van der Waals surface area contributed by atoms with Gasteiger partial charge in [0.15, 0.2) is 0 Å². The molecular weight excluding hydrogens is 228 g/mol. The van der Waals surface area contributed by atoms with Crippen LogP contribution in [-0.4, -0.2) is 12.1 Å². The van der Waals surface area contributed by atoms with Crippen molar-refractivity contribution in [3.63, 3.8) is 0 Å². The number of aromatic nitrogens is 1. The number of nitrogens with two attached hydrogens (primary N) is 1. The molecule has 3 N–H and O–H groups in total. The van der Waals surface area contributed by atoms with E-state index in [1.54, 1.807) is 13.3 Å². The summed E-state index contributed by atoms with van der Waals surface area (Å²) in [5.74, 6) is 0.830. The average Bonchev–Trinajstić information content (AvgIpc) is 2.40. The summed E-state index contributed by atoms with van der Waals surface area (Å²) in [7, 11) is 1.64. The summed E-state index contributed by atoms with van der Waals surface area (Å²) < 4.78 is 5.11. The van der Waals surface area contributed by atoms with Gasteiger partial charge in [-0.25, -0.2) is 0 Å². The molecule has 0 radical (unpaired) electrons. The highest BCUT2D eigenvalue weighted by molar-refractivity contribution is 5.48. The molecular formula is C14H16N2O2. The minimum absolute atomic E-state index is 0.231. The fraction of sp³-hybridized carbons (Fsp3) is 0.214. The molecule has 0 fully saturated rings. The van der Waals surface area contributed by atoms with E-state index in [-0.39, 0.29) is 5.56 Å². The molecule has 2 aromatic rings. The number of H-pyrrole nitrogens is 1. The first kappa shape index (κ1) is 12.2. The van der Waals surface area contributed by atoms with Crippen molar-refractivity contribution in [2.24, 2.45) is 0 Å². The van der Waals surface area contributed by atoms with E-state index in [2.05, 4.69) is 4.98 Å². The largest absolute Gasteiger partial charge is 0.497 e. The Morgan fingerprint density at radius 2 is 1.94 bits per heavy atom. The number of hydrogen-bond donors (Lipinski definition) is 2. The minimum atomic E-state index is -0.231. The molecule has 4 heteroatoms. The Kier molecular flexibility index (Phi) is 3.37. The van der Waals surface area contributed by atoms with Crippen molar-refractivity contribution in [1.29, 1.82) is 0 Å². The SMILES string of the molecule is COc1ccc(Cc2c[nH]c(=O)c(N)c2C)cc1. The molecule has 0 saturated heterocycles. The van der Waals surface area contributed by atoms with Crippen LogP contribution >= 0.6 is 0 Å². The molecule has 0 bridgehead atoms. The van der Waals surface area contributed by atoms with Crippen molar-refractivity contribution in [3.8, 4) is 5.75 Å². The number of nitrogens with one attached hydrogen (secondary N) is 1. The first-order chi connectivity index (χ1) is 8.61. The van der Waals surface area contributed by atoms with Gasteiger partial charge < -0.3 is 15.5 Å². The van der Waals surface area contributed by atoms with Crippen LogP contribution in [0.3, 0.4) is 0 Å². The number of methoxy groups -OCH3 is 1. The van der Waals surface area contributed by atoms with Crippen LogP contribution < -0.4 is 16.0 Å². The quantitative estimate of drug-likeness (QED) is 0.866. The second kappa shape index (κ2) is 4.96. The number of anilines is 1. The second-order valence-electron chi connectivity index (χ2n) is 4.21. The van der Waals surface area contributed by atoms with Crippen LogP contribution in [0.2, 0.25) is 0 Å². The lowest BCUT2D eigenvalue weighted by Gasteiger charge is -2.08. The molecule has 2 rings (SSSR count). The van der Waals surface area contributed by atoms with Crippen LogP contribution in [0, 0.1) is 6.92 Å². The van der Waals surface area contributed by atoms with E-state index in [0.29, 0.717) is 5.69 Å². The van der Waals surface area contributed by atoms with E-state index in [1.165, 1.54) is 0 Å². The fourth-order valence-corrected chi connectivity index (χ4v) is 1.83. The molecule has 0 amide bonds. The molecule has 0 aliphatic carbocycles. The topological polar surface area (TPSA) is 68.1 Å². The monoisotopic (exact) mass is 244 g/mol. The summed E-state index contributed by atoms with van der Waals surface area (Å²) in [6, 6.07) is 7.83. The number of nitrogen functional groups attached to an aromatic ring is 1. The Bertz CT molecular complexity index is 600. The summed E-state index contributed by atoms with van der Waals surface area (Å²) in [6.45, 7) is 1.86. The number of aromatic amines is 1. The van der Waals surface area contributed by atoms with Crippen molar-refractivity contribution >= 4 is 5.69 Å². The Morgan fingerprint density at radius 3 is 2.56 bits per heavy atom. The van der Waals surface area contributed by atoms with E-state index >= 15 is 0 Å². The molecule has 0 saturated carbocycles. The van der Waals surface area contributed by atoms with Crippen LogP contribution in [0.1, 0.15) is 16.7 Å². The van der Waals surface area contributed by atoms with Crippen LogP contribution in [0.5, 0.6) is 5.75 Å². The van der Waals surface area contributed by atoms with Gasteiger partial charge in [-0.15, -0.1) is 0 Å². The van der Waals surface area contributed by atoms with Crippen LogP contribution in [0.4, 0.5) is 5.69 Å². The molecule has 1 aromatic carbocycles. The Morgan fingerprint density at radius 1 is 1.28 bits per heavy atom. The highest BCUT2D eigenvalue weighted by Gasteiger charge is 2.06. The molecule has 0 aliphatic heterocycles. The Balaban J connectivity index is 2.28. The zero-order valence-corrected chi connectivity index (χ0v) is 10.5. The van der Waals surface area contributed by atoms with Gasteiger partial charge in [-0.3, -0.25) is 4.79 Å². The maximum absolute atomic E-state index is 11.3. The summed E-state index contributed by atoms with van der Waals surface area (Å²) in [6.07, 6.45) is 2.45. The molecule has 0 aliphatic rings. The van der Waals surface area contributed by atoms with Gasteiger partial charge in [-0.05, 0) is 42.2 Å². The van der Waals surface area contributed by atoms with Crippen LogP contribution in [0.25, 0.3) is 0 Å². The normalized spacial score (nSPS) is 10.3. The minimum Gasteiger partial charge on any atom is -0.497 e. The number of hydrogen-bond acceptors (Lipinski definition) is 3. The number of benzene rings is 1. The lowest BCUT2D eigenvalue weighted by Crippen LogP contribution is -2.14. The van der Waals surface area contributed by atoms with Crippen molar-refractivity contribution in [2.75, 3.05) is 12.8 Å². The van der Waals surface area contributed by atoms with E-state index in [4.69, 9.17) is 10.5 Å². The van der Waals surface area contributed by atoms with E-state index in [0.717, 1.165) is 28.9 Å². The molecule has 0 atom stereocenters. The van der Waals surface area contributed by atoms with E-state index < -0.39 is 0 Å². The first-order valence-corrected chi connectivity index (χ1v) is 5.71. The summed E-state index contributed by atoms with van der Waals surface area (Å²) in [5, 5.41) is 0. The van der Waals surface area contributed by atoms with Crippen molar-refractivity contribution in [3.05, 3.63) is 57.5 Å².